The minimum atomic E-state index is -0.295. The van der Waals surface area contributed by atoms with Crippen molar-refractivity contribution in [1.29, 1.82) is 0 Å². The molecule has 0 radical (unpaired) electrons. The van der Waals surface area contributed by atoms with Crippen LogP contribution in [0.3, 0.4) is 0 Å². The van der Waals surface area contributed by atoms with Crippen LogP contribution in [0.1, 0.15) is 16.4 Å². The number of nitrogens with one attached hydrogen (secondary N) is 1. The molecule has 0 aliphatic heterocycles. The highest BCUT2D eigenvalue weighted by Gasteiger charge is 2.13. The van der Waals surface area contributed by atoms with Crippen LogP contribution in [-0.4, -0.2) is 20.7 Å². The van der Waals surface area contributed by atoms with Crippen LogP contribution in [0, 0.1) is 6.92 Å². The molecule has 0 unspecified atom stereocenters. The number of hydrogen-bond acceptors (Lipinski definition) is 4. The predicted molar refractivity (Wildman–Crippen MR) is 60.1 cm³/mol. The van der Waals surface area contributed by atoms with Gasteiger partial charge < -0.3 is 8.98 Å². The summed E-state index contributed by atoms with van der Waals surface area (Å²) < 4.78 is 7.58. The Morgan fingerprint density at radius 2 is 2.31 bits per heavy atom. The average molecular weight is 285 g/mol. The van der Waals surface area contributed by atoms with Crippen LogP contribution in [0.15, 0.2) is 21.2 Å². The average Bonchev–Trinajstić information content (AvgIpc) is 2.73. The highest BCUT2D eigenvalue weighted by atomic mass is 79.9. The number of aryl methyl sites for hydroxylation is 2. The maximum Gasteiger partial charge on any atom is 0.322 e. The second-order valence-corrected chi connectivity index (χ2v) is 4.15. The van der Waals surface area contributed by atoms with Gasteiger partial charge in [-0.15, -0.1) is 5.10 Å². The molecule has 2 rings (SSSR count). The van der Waals surface area contributed by atoms with Crippen LogP contribution >= 0.6 is 15.9 Å². The molecule has 0 aliphatic carbocycles. The first-order chi connectivity index (χ1) is 7.56. The number of aromatic nitrogens is 3. The predicted octanol–water partition coefficient (Wildman–Crippen LogP) is 1.73. The number of halogens is 1. The molecule has 2 aromatic heterocycles. The second kappa shape index (κ2) is 4.09. The zero-order chi connectivity index (χ0) is 11.7. The Bertz CT molecular complexity index is 531. The minimum absolute atomic E-state index is 0.0971. The molecule has 0 fully saturated rings. The Morgan fingerprint density at radius 1 is 1.56 bits per heavy atom. The van der Waals surface area contributed by atoms with Crippen LogP contribution in [0.25, 0.3) is 0 Å². The van der Waals surface area contributed by atoms with E-state index in [4.69, 9.17) is 4.42 Å². The summed E-state index contributed by atoms with van der Waals surface area (Å²) in [4.78, 5) is 11.8. The normalized spacial score (nSPS) is 10.4. The summed E-state index contributed by atoms with van der Waals surface area (Å²) in [5, 5.41) is 9.80. The van der Waals surface area contributed by atoms with Gasteiger partial charge in [0.15, 0.2) is 0 Å². The first-order valence-corrected chi connectivity index (χ1v) is 5.29. The molecule has 0 atom stereocenters. The molecule has 84 valence electrons. The van der Waals surface area contributed by atoms with Gasteiger partial charge in [-0.05, 0) is 22.0 Å². The van der Waals surface area contributed by atoms with Gasteiger partial charge in [0.25, 0.3) is 5.91 Å². The van der Waals surface area contributed by atoms with Crippen LogP contribution in [-0.2, 0) is 7.05 Å². The Morgan fingerprint density at radius 3 is 2.81 bits per heavy atom. The largest absolute Gasteiger partial charge is 0.408 e. The lowest BCUT2D eigenvalue weighted by Crippen LogP contribution is -2.15. The molecule has 2 heterocycles. The maximum atomic E-state index is 11.8. The van der Waals surface area contributed by atoms with Crippen molar-refractivity contribution in [3.05, 3.63) is 28.3 Å². The molecule has 0 bridgehead atoms. The van der Waals surface area contributed by atoms with Gasteiger partial charge in [0, 0.05) is 24.6 Å². The van der Waals surface area contributed by atoms with Crippen molar-refractivity contribution in [3.63, 3.8) is 0 Å². The van der Waals surface area contributed by atoms with Crippen molar-refractivity contribution < 1.29 is 9.21 Å². The van der Waals surface area contributed by atoms with Gasteiger partial charge in [0.2, 0.25) is 5.89 Å². The molecule has 1 amide bonds. The summed E-state index contributed by atoms with van der Waals surface area (Å²) in [6, 6.07) is 1.80. The monoisotopic (exact) mass is 284 g/mol. The van der Waals surface area contributed by atoms with Crippen LogP contribution < -0.4 is 5.32 Å². The van der Waals surface area contributed by atoms with Gasteiger partial charge in [-0.1, -0.05) is 5.10 Å². The third-order valence-corrected chi connectivity index (χ3v) is 2.38. The van der Waals surface area contributed by atoms with Gasteiger partial charge in [0.1, 0.15) is 5.69 Å². The molecule has 0 saturated carbocycles. The Balaban J connectivity index is 2.17. The Labute approximate surface area is 99.8 Å². The van der Waals surface area contributed by atoms with E-state index >= 15 is 0 Å². The third-order valence-electron chi connectivity index (χ3n) is 1.95. The number of amides is 1. The van der Waals surface area contributed by atoms with E-state index in [1.54, 1.807) is 30.8 Å². The SMILES string of the molecule is Cc1nnc(NC(=O)c2cc(Br)cn2C)o1. The van der Waals surface area contributed by atoms with Crippen LogP contribution in [0.2, 0.25) is 0 Å². The molecule has 2 aromatic rings. The Kier molecular flexibility index (Phi) is 2.78. The molecule has 0 saturated heterocycles. The molecule has 0 aromatic carbocycles. The summed E-state index contributed by atoms with van der Waals surface area (Å²) in [6.45, 7) is 1.65. The van der Waals surface area contributed by atoms with E-state index in [9.17, 15) is 4.79 Å². The molecule has 16 heavy (non-hydrogen) atoms. The van der Waals surface area contributed by atoms with Crippen LogP contribution in [0.4, 0.5) is 6.01 Å². The lowest BCUT2D eigenvalue weighted by molar-refractivity contribution is 0.101. The van der Waals surface area contributed by atoms with E-state index in [2.05, 4.69) is 31.4 Å². The van der Waals surface area contributed by atoms with Gasteiger partial charge >= 0.3 is 6.01 Å². The van der Waals surface area contributed by atoms with Crippen molar-refractivity contribution in [2.75, 3.05) is 5.32 Å². The third kappa shape index (κ3) is 2.13. The zero-order valence-corrected chi connectivity index (χ0v) is 10.3. The van der Waals surface area contributed by atoms with Crippen molar-refractivity contribution >= 4 is 27.9 Å². The molecule has 0 aliphatic rings. The fourth-order valence-corrected chi connectivity index (χ4v) is 1.78. The lowest BCUT2D eigenvalue weighted by atomic mass is 10.4. The van der Waals surface area contributed by atoms with E-state index in [0.29, 0.717) is 11.6 Å². The molecular weight excluding hydrogens is 276 g/mol. The van der Waals surface area contributed by atoms with Gasteiger partial charge in [-0.25, -0.2) is 0 Å². The fourth-order valence-electron chi connectivity index (χ4n) is 1.26. The van der Waals surface area contributed by atoms with Crippen molar-refractivity contribution in [1.82, 2.24) is 14.8 Å². The number of carbonyl (C=O) groups excluding carboxylic acids is 1. The van der Waals surface area contributed by atoms with Gasteiger partial charge in [-0.3, -0.25) is 10.1 Å². The summed E-state index contributed by atoms with van der Waals surface area (Å²) in [5.74, 6) is 0.111. The second-order valence-electron chi connectivity index (χ2n) is 3.23. The van der Waals surface area contributed by atoms with Crippen LogP contribution in [0.5, 0.6) is 0 Å². The smallest absolute Gasteiger partial charge is 0.322 e. The zero-order valence-electron chi connectivity index (χ0n) is 8.69. The lowest BCUT2D eigenvalue weighted by Gasteiger charge is -2.00. The highest BCUT2D eigenvalue weighted by molar-refractivity contribution is 9.10. The summed E-state index contributed by atoms with van der Waals surface area (Å²) in [5.41, 5.74) is 0.503. The number of rotatable bonds is 2. The van der Waals surface area contributed by atoms with Crippen molar-refractivity contribution in [2.24, 2.45) is 7.05 Å². The highest BCUT2D eigenvalue weighted by Crippen LogP contribution is 2.15. The number of anilines is 1. The topological polar surface area (TPSA) is 73.0 Å². The Hall–Kier alpha value is -1.63. The van der Waals surface area contributed by atoms with E-state index in [0.717, 1.165) is 4.47 Å². The van der Waals surface area contributed by atoms with Gasteiger partial charge in [0.05, 0.1) is 0 Å². The molecule has 1 N–H and O–H groups in total. The van der Waals surface area contributed by atoms with Crippen molar-refractivity contribution in [2.45, 2.75) is 6.92 Å². The molecular formula is C9H9BrN4O2. The maximum absolute atomic E-state index is 11.8. The first kappa shape index (κ1) is 10.9. The van der Waals surface area contributed by atoms with E-state index in [1.165, 1.54) is 0 Å². The summed E-state index contributed by atoms with van der Waals surface area (Å²) >= 11 is 3.29. The quantitative estimate of drug-likeness (QED) is 0.912. The van der Waals surface area contributed by atoms with E-state index < -0.39 is 0 Å². The van der Waals surface area contributed by atoms with E-state index in [-0.39, 0.29) is 11.9 Å². The number of nitrogens with zero attached hydrogens (tertiary/aromatic N) is 3. The molecule has 6 nitrogen and oxygen atoms in total. The fraction of sp³-hybridized carbons (Fsp3) is 0.222. The van der Waals surface area contributed by atoms with E-state index in [1.807, 2.05) is 0 Å². The minimum Gasteiger partial charge on any atom is -0.408 e. The molecule has 7 heteroatoms. The summed E-state index contributed by atoms with van der Waals surface area (Å²) in [6.07, 6.45) is 1.79. The number of hydrogen-bond donors (Lipinski definition) is 1. The first-order valence-electron chi connectivity index (χ1n) is 4.49. The standard InChI is InChI=1S/C9H9BrN4O2/c1-5-12-13-9(16-5)11-8(15)7-3-6(10)4-14(7)2/h3-4H,1-2H3,(H,11,13,15). The molecule has 0 spiro atoms. The van der Waals surface area contributed by atoms with Gasteiger partial charge in [-0.2, -0.15) is 0 Å². The van der Waals surface area contributed by atoms with Crippen molar-refractivity contribution in [3.8, 4) is 0 Å². The number of carbonyl (C=O) groups is 1. The summed E-state index contributed by atoms with van der Waals surface area (Å²) in [7, 11) is 1.78.